The summed E-state index contributed by atoms with van der Waals surface area (Å²) in [5.41, 5.74) is 1.88. The summed E-state index contributed by atoms with van der Waals surface area (Å²) in [5.74, 6) is 1.68. The third-order valence-corrected chi connectivity index (χ3v) is 4.86. The molecule has 0 spiro atoms. The van der Waals surface area contributed by atoms with Crippen molar-refractivity contribution >= 4 is 35.6 Å². The Morgan fingerprint density at radius 3 is 2.93 bits per heavy atom. The fraction of sp³-hybridized carbons (Fsp3) is 0.500. The molecule has 29 heavy (non-hydrogen) atoms. The minimum absolute atomic E-state index is 0. The van der Waals surface area contributed by atoms with Crippen molar-refractivity contribution < 1.29 is 9.84 Å². The molecule has 9 heteroatoms. The monoisotopic (exact) mass is 514 g/mol. The number of anilines is 1. The van der Waals surface area contributed by atoms with Gasteiger partial charge in [-0.15, -0.1) is 24.0 Å². The largest absolute Gasteiger partial charge is 0.508 e. The maximum atomic E-state index is 10.1. The molecule has 0 saturated carbocycles. The van der Waals surface area contributed by atoms with Gasteiger partial charge in [0.1, 0.15) is 11.5 Å². The van der Waals surface area contributed by atoms with Gasteiger partial charge in [-0.2, -0.15) is 5.10 Å². The Kier molecular flexibility index (Phi) is 8.87. The molecule has 1 aromatic carbocycles. The van der Waals surface area contributed by atoms with Crippen molar-refractivity contribution in [3.63, 3.8) is 0 Å². The molecular formula is C20H31IN6O2. The second kappa shape index (κ2) is 11.1. The number of nitrogens with zero attached hydrogens (tertiary/aromatic N) is 4. The molecule has 1 unspecified atom stereocenters. The van der Waals surface area contributed by atoms with Crippen LogP contribution in [0.25, 0.3) is 0 Å². The minimum Gasteiger partial charge on any atom is -0.508 e. The number of methoxy groups -OCH3 is 1. The quantitative estimate of drug-likeness (QED) is 0.312. The van der Waals surface area contributed by atoms with Crippen LogP contribution in [0.2, 0.25) is 0 Å². The Labute approximate surface area is 189 Å². The lowest BCUT2D eigenvalue weighted by molar-refractivity contribution is 0.411. The number of halogens is 1. The summed E-state index contributed by atoms with van der Waals surface area (Å²) >= 11 is 0. The van der Waals surface area contributed by atoms with Crippen LogP contribution < -0.4 is 20.3 Å². The topological polar surface area (TPSA) is 86.9 Å². The fourth-order valence-corrected chi connectivity index (χ4v) is 3.39. The van der Waals surface area contributed by atoms with Gasteiger partial charge in [0.05, 0.1) is 25.5 Å². The van der Waals surface area contributed by atoms with Gasteiger partial charge in [0.25, 0.3) is 0 Å². The summed E-state index contributed by atoms with van der Waals surface area (Å²) in [6.07, 6.45) is 6.16. The van der Waals surface area contributed by atoms with E-state index < -0.39 is 0 Å². The van der Waals surface area contributed by atoms with Crippen LogP contribution in [0.1, 0.15) is 25.3 Å². The van der Waals surface area contributed by atoms with Gasteiger partial charge < -0.3 is 25.4 Å². The molecule has 160 valence electrons. The highest BCUT2D eigenvalue weighted by Gasteiger charge is 2.21. The molecule has 2 heterocycles. The molecular weight excluding hydrogens is 483 g/mol. The molecule has 1 atom stereocenters. The molecule has 1 fully saturated rings. The second-order valence-electron chi connectivity index (χ2n) is 6.99. The third-order valence-electron chi connectivity index (χ3n) is 4.86. The highest BCUT2D eigenvalue weighted by Crippen LogP contribution is 2.23. The van der Waals surface area contributed by atoms with Crippen LogP contribution in [-0.4, -0.2) is 53.6 Å². The first-order valence-electron chi connectivity index (χ1n) is 9.73. The van der Waals surface area contributed by atoms with E-state index in [1.54, 1.807) is 19.2 Å². The number of aromatic nitrogens is 2. The predicted octanol–water partition coefficient (Wildman–Crippen LogP) is 2.48. The van der Waals surface area contributed by atoms with Gasteiger partial charge in [0.15, 0.2) is 5.96 Å². The molecule has 0 aliphatic carbocycles. The lowest BCUT2D eigenvalue weighted by Gasteiger charge is -2.34. The van der Waals surface area contributed by atoms with Gasteiger partial charge in [-0.05, 0) is 38.0 Å². The van der Waals surface area contributed by atoms with Gasteiger partial charge in [0.2, 0.25) is 0 Å². The first-order chi connectivity index (χ1) is 13.6. The SMILES string of the molecule is CCNC(=NCc1cc(OC)ccc1O)NC1CCCN(c2cnn(C)c2)C1.I. The molecule has 1 aliphatic heterocycles. The molecule has 1 aliphatic rings. The van der Waals surface area contributed by atoms with Gasteiger partial charge in [-0.1, -0.05) is 0 Å². The number of hydrogen-bond acceptors (Lipinski definition) is 5. The van der Waals surface area contributed by atoms with Crippen molar-refractivity contribution in [2.75, 3.05) is 31.6 Å². The molecule has 0 radical (unpaired) electrons. The van der Waals surface area contributed by atoms with Crippen LogP contribution in [0.15, 0.2) is 35.6 Å². The molecule has 1 saturated heterocycles. The van der Waals surface area contributed by atoms with Crippen LogP contribution >= 0.6 is 24.0 Å². The van der Waals surface area contributed by atoms with Crippen molar-refractivity contribution in [1.82, 2.24) is 20.4 Å². The molecule has 0 amide bonds. The summed E-state index contributed by atoms with van der Waals surface area (Å²) in [6.45, 7) is 5.13. The standard InChI is InChI=1S/C20H30N6O2.HI/c1-4-21-20(22-11-15-10-18(28-3)7-8-19(15)27)24-16-6-5-9-26(13-16)17-12-23-25(2)14-17;/h7-8,10,12,14,16,27H,4-6,9,11,13H2,1-3H3,(H2,21,22,24);1H. The van der Waals surface area contributed by atoms with Gasteiger partial charge in [-0.3, -0.25) is 4.68 Å². The van der Waals surface area contributed by atoms with Crippen LogP contribution in [0, 0.1) is 0 Å². The maximum absolute atomic E-state index is 10.1. The first-order valence-corrected chi connectivity index (χ1v) is 9.73. The number of benzene rings is 1. The van der Waals surface area contributed by atoms with Crippen LogP contribution in [0.3, 0.4) is 0 Å². The van der Waals surface area contributed by atoms with E-state index in [4.69, 9.17) is 4.74 Å². The summed E-state index contributed by atoms with van der Waals surface area (Å²) < 4.78 is 7.07. The van der Waals surface area contributed by atoms with Crippen LogP contribution in [0.4, 0.5) is 5.69 Å². The Balaban J connectivity index is 0.00000300. The molecule has 3 N–H and O–H groups in total. The molecule has 0 bridgehead atoms. The minimum atomic E-state index is 0. The van der Waals surface area contributed by atoms with E-state index in [1.807, 2.05) is 37.1 Å². The van der Waals surface area contributed by atoms with Crippen LogP contribution in [-0.2, 0) is 13.6 Å². The Bertz CT molecular complexity index is 810. The molecule has 8 nitrogen and oxygen atoms in total. The number of phenolic OH excluding ortho intramolecular Hbond substituents is 1. The maximum Gasteiger partial charge on any atom is 0.191 e. The number of aromatic hydroxyl groups is 1. The van der Waals surface area contributed by atoms with Gasteiger partial charge in [-0.25, -0.2) is 4.99 Å². The molecule has 3 rings (SSSR count). The zero-order valence-electron chi connectivity index (χ0n) is 17.3. The van der Waals surface area contributed by atoms with Crippen molar-refractivity contribution in [3.05, 3.63) is 36.2 Å². The van der Waals surface area contributed by atoms with E-state index in [-0.39, 0.29) is 29.7 Å². The van der Waals surface area contributed by atoms with E-state index in [2.05, 4.69) is 25.6 Å². The van der Waals surface area contributed by atoms with Gasteiger partial charge in [0, 0.05) is 44.5 Å². The third kappa shape index (κ3) is 6.41. The molecule has 2 aromatic rings. The zero-order chi connectivity index (χ0) is 19.9. The van der Waals surface area contributed by atoms with Gasteiger partial charge >= 0.3 is 0 Å². The number of hydrogen-bond donors (Lipinski definition) is 3. The van der Waals surface area contributed by atoms with E-state index in [1.165, 1.54) is 0 Å². The van der Waals surface area contributed by atoms with Crippen molar-refractivity contribution in [3.8, 4) is 11.5 Å². The number of aliphatic imine (C=N–C) groups is 1. The summed E-state index contributed by atoms with van der Waals surface area (Å²) in [4.78, 5) is 7.01. The van der Waals surface area contributed by atoms with E-state index in [9.17, 15) is 5.11 Å². The number of aryl methyl sites for hydroxylation is 1. The number of phenols is 1. The highest BCUT2D eigenvalue weighted by atomic mass is 127. The van der Waals surface area contributed by atoms with E-state index in [0.29, 0.717) is 18.3 Å². The number of rotatable bonds is 6. The first kappa shape index (κ1) is 23.1. The summed E-state index contributed by atoms with van der Waals surface area (Å²) in [7, 11) is 3.55. The lowest BCUT2D eigenvalue weighted by atomic mass is 10.1. The fourth-order valence-electron chi connectivity index (χ4n) is 3.39. The Morgan fingerprint density at radius 2 is 2.24 bits per heavy atom. The Hall–Kier alpha value is -2.17. The predicted molar refractivity (Wildman–Crippen MR) is 126 cm³/mol. The highest BCUT2D eigenvalue weighted by molar-refractivity contribution is 14.0. The summed E-state index contributed by atoms with van der Waals surface area (Å²) in [6, 6.07) is 5.48. The average molecular weight is 514 g/mol. The summed E-state index contributed by atoms with van der Waals surface area (Å²) in [5, 5.41) is 21.2. The number of ether oxygens (including phenoxy) is 1. The smallest absolute Gasteiger partial charge is 0.191 e. The van der Waals surface area contributed by atoms with Crippen LogP contribution in [0.5, 0.6) is 11.5 Å². The van der Waals surface area contributed by atoms with E-state index in [0.717, 1.165) is 49.7 Å². The average Bonchev–Trinajstić information content (AvgIpc) is 3.14. The normalized spacial score (nSPS) is 16.9. The lowest BCUT2D eigenvalue weighted by Crippen LogP contribution is -2.51. The second-order valence-corrected chi connectivity index (χ2v) is 6.99. The van der Waals surface area contributed by atoms with Crippen molar-refractivity contribution in [2.45, 2.75) is 32.4 Å². The molecule has 1 aromatic heterocycles. The number of piperidine rings is 1. The zero-order valence-corrected chi connectivity index (χ0v) is 19.6. The number of guanidine groups is 1. The van der Waals surface area contributed by atoms with Crippen molar-refractivity contribution in [2.24, 2.45) is 12.0 Å². The van der Waals surface area contributed by atoms with Crippen molar-refractivity contribution in [1.29, 1.82) is 0 Å². The van der Waals surface area contributed by atoms with E-state index >= 15 is 0 Å². The Morgan fingerprint density at radius 1 is 1.41 bits per heavy atom. The number of nitrogens with one attached hydrogen (secondary N) is 2.